The molecule has 1 N–H and O–H groups in total. The van der Waals surface area contributed by atoms with E-state index in [0.29, 0.717) is 34.5 Å². The van der Waals surface area contributed by atoms with Gasteiger partial charge in [-0.1, -0.05) is 30.0 Å². The number of ketones is 1. The monoisotopic (exact) mass is 468 g/mol. The highest BCUT2D eigenvalue weighted by Crippen LogP contribution is 2.31. The number of benzene rings is 2. The fraction of sp³-hybridized carbons (Fsp3) is 0.217. The Labute approximate surface area is 193 Å². The van der Waals surface area contributed by atoms with E-state index in [1.54, 1.807) is 47.9 Å². The lowest BCUT2D eigenvalue weighted by atomic mass is 10.1. The van der Waals surface area contributed by atoms with Crippen LogP contribution in [0.5, 0.6) is 11.5 Å². The number of hydrogen-bond donors (Lipinski definition) is 1. The third-order valence-electron chi connectivity index (χ3n) is 4.85. The summed E-state index contributed by atoms with van der Waals surface area (Å²) in [6.45, 7) is 5.89. The predicted octanol–water partition coefficient (Wildman–Crippen LogP) is 3.88. The molecule has 0 aliphatic carbocycles. The summed E-state index contributed by atoms with van der Waals surface area (Å²) in [5.41, 5.74) is 0.911. The normalized spacial score (nSPS) is 13.5. The van der Waals surface area contributed by atoms with Crippen molar-refractivity contribution in [3.8, 4) is 11.5 Å². The zero-order valence-corrected chi connectivity index (χ0v) is 18.6. The van der Waals surface area contributed by atoms with Gasteiger partial charge in [0.1, 0.15) is 12.4 Å². The molecule has 0 radical (unpaired) electrons. The maximum Gasteiger partial charge on any atom is 0.262 e. The number of nitrogens with one attached hydrogen (secondary N) is 1. The largest absolute Gasteiger partial charge is 0.483 e. The quantitative estimate of drug-likeness (QED) is 0.289. The van der Waals surface area contributed by atoms with Crippen LogP contribution >= 0.6 is 11.8 Å². The highest BCUT2D eigenvalue weighted by atomic mass is 32.2. The lowest BCUT2D eigenvalue weighted by Gasteiger charge is -2.19. The summed E-state index contributed by atoms with van der Waals surface area (Å²) < 4.78 is 26.5. The van der Waals surface area contributed by atoms with Crippen molar-refractivity contribution in [2.24, 2.45) is 0 Å². The zero-order valence-electron chi connectivity index (χ0n) is 17.8. The van der Waals surface area contributed by atoms with Crippen molar-refractivity contribution < 1.29 is 23.5 Å². The molecule has 0 fully saturated rings. The van der Waals surface area contributed by atoms with Crippen molar-refractivity contribution in [1.82, 2.24) is 14.8 Å². The summed E-state index contributed by atoms with van der Waals surface area (Å²) in [5, 5.41) is 11.1. The van der Waals surface area contributed by atoms with Gasteiger partial charge in [-0.15, -0.1) is 16.8 Å². The molecule has 2 heterocycles. The van der Waals surface area contributed by atoms with Crippen LogP contribution in [-0.4, -0.2) is 38.3 Å². The lowest BCUT2D eigenvalue weighted by molar-refractivity contribution is -0.118. The molecule has 1 aliphatic heterocycles. The average Bonchev–Trinajstić information content (AvgIpc) is 3.18. The molecule has 1 aromatic heterocycles. The minimum Gasteiger partial charge on any atom is -0.483 e. The van der Waals surface area contributed by atoms with Gasteiger partial charge in [-0.2, -0.15) is 0 Å². The molecular weight excluding hydrogens is 447 g/mol. The second kappa shape index (κ2) is 9.86. The predicted molar refractivity (Wildman–Crippen MR) is 121 cm³/mol. The second-order valence-electron chi connectivity index (χ2n) is 7.19. The Hall–Kier alpha value is -3.66. The molecule has 0 saturated heterocycles. The number of ether oxygens (including phenoxy) is 2. The van der Waals surface area contributed by atoms with Gasteiger partial charge in [0.15, 0.2) is 34.9 Å². The fourth-order valence-electron chi connectivity index (χ4n) is 3.21. The standard InChI is InChI=1S/C23H21FN4O4S/c1-3-10-28-20(12-31-18-7-5-4-6-16(18)24)26-27-23(28)33-14(2)22(30)15-8-9-19-17(11-15)25-21(29)13-32-19/h3-9,11,14H,1,10,12-13H2,2H3,(H,25,29). The molecule has 0 bridgehead atoms. The molecular formula is C23H21FN4O4S. The summed E-state index contributed by atoms with van der Waals surface area (Å²) in [6.07, 6.45) is 1.68. The highest BCUT2D eigenvalue weighted by molar-refractivity contribution is 8.00. The number of allylic oxidation sites excluding steroid dienone is 1. The maximum absolute atomic E-state index is 13.8. The zero-order chi connectivity index (χ0) is 23.4. The number of Topliss-reactive ketones (excluding diaryl/α,β-unsaturated/α-hetero) is 1. The molecule has 0 saturated carbocycles. The molecule has 1 atom stereocenters. The van der Waals surface area contributed by atoms with E-state index in [1.165, 1.54) is 23.9 Å². The van der Waals surface area contributed by atoms with Gasteiger partial charge >= 0.3 is 0 Å². The number of thioether (sulfide) groups is 1. The van der Waals surface area contributed by atoms with Crippen molar-refractivity contribution in [3.05, 3.63) is 72.3 Å². The Balaban J connectivity index is 1.48. The number of hydrogen-bond acceptors (Lipinski definition) is 7. The molecule has 170 valence electrons. The average molecular weight is 469 g/mol. The number of rotatable bonds is 9. The van der Waals surface area contributed by atoms with Crippen LogP contribution in [0.2, 0.25) is 0 Å². The molecule has 2 aromatic carbocycles. The maximum atomic E-state index is 13.8. The molecule has 4 rings (SSSR count). The minimum absolute atomic E-state index is 0.00911. The van der Waals surface area contributed by atoms with Crippen LogP contribution in [-0.2, 0) is 17.9 Å². The molecule has 8 nitrogen and oxygen atoms in total. The van der Waals surface area contributed by atoms with E-state index >= 15 is 0 Å². The molecule has 1 aliphatic rings. The van der Waals surface area contributed by atoms with Crippen molar-refractivity contribution in [1.29, 1.82) is 0 Å². The lowest BCUT2D eigenvalue weighted by Crippen LogP contribution is -2.25. The first kappa shape index (κ1) is 22.5. The van der Waals surface area contributed by atoms with E-state index in [2.05, 4.69) is 22.1 Å². The molecule has 10 heteroatoms. The van der Waals surface area contributed by atoms with Gasteiger partial charge in [0, 0.05) is 12.1 Å². The first-order chi connectivity index (χ1) is 16.0. The second-order valence-corrected chi connectivity index (χ2v) is 8.50. The van der Waals surface area contributed by atoms with E-state index in [1.807, 2.05) is 0 Å². The van der Waals surface area contributed by atoms with Crippen molar-refractivity contribution in [3.63, 3.8) is 0 Å². The molecule has 0 spiro atoms. The number of amides is 1. The number of carbonyl (C=O) groups is 2. The van der Waals surface area contributed by atoms with Gasteiger partial charge in [-0.25, -0.2) is 4.39 Å². The van der Waals surface area contributed by atoms with Crippen LogP contribution in [0.15, 0.2) is 60.3 Å². The highest BCUT2D eigenvalue weighted by Gasteiger charge is 2.24. The van der Waals surface area contributed by atoms with E-state index in [-0.39, 0.29) is 30.7 Å². The van der Waals surface area contributed by atoms with E-state index in [9.17, 15) is 14.0 Å². The van der Waals surface area contributed by atoms with Crippen LogP contribution in [0.1, 0.15) is 23.1 Å². The number of carbonyl (C=O) groups excluding carboxylic acids is 2. The molecule has 1 unspecified atom stereocenters. The van der Waals surface area contributed by atoms with Gasteiger partial charge in [0.2, 0.25) is 0 Å². The number of halogens is 1. The van der Waals surface area contributed by atoms with E-state index in [4.69, 9.17) is 9.47 Å². The number of para-hydroxylation sites is 1. The Morgan fingerprint density at radius 1 is 1.36 bits per heavy atom. The minimum atomic E-state index is -0.489. The van der Waals surface area contributed by atoms with Gasteiger partial charge in [-0.3, -0.25) is 14.2 Å². The van der Waals surface area contributed by atoms with Crippen molar-refractivity contribution in [2.75, 3.05) is 11.9 Å². The van der Waals surface area contributed by atoms with Crippen molar-refractivity contribution in [2.45, 2.75) is 30.5 Å². The number of fused-ring (bicyclic) bond motifs is 1. The third-order valence-corrected chi connectivity index (χ3v) is 5.93. The molecule has 3 aromatic rings. The van der Waals surface area contributed by atoms with E-state index in [0.717, 1.165) is 0 Å². The fourth-order valence-corrected chi connectivity index (χ4v) is 4.17. The summed E-state index contributed by atoms with van der Waals surface area (Å²) in [6, 6.07) is 11.0. The number of aromatic nitrogens is 3. The molecule has 33 heavy (non-hydrogen) atoms. The van der Waals surface area contributed by atoms with Crippen LogP contribution < -0.4 is 14.8 Å². The first-order valence-electron chi connectivity index (χ1n) is 10.1. The Kier molecular flexibility index (Phi) is 6.74. The third kappa shape index (κ3) is 5.06. The summed E-state index contributed by atoms with van der Waals surface area (Å²) >= 11 is 1.24. The van der Waals surface area contributed by atoms with Gasteiger partial charge < -0.3 is 14.8 Å². The Morgan fingerprint density at radius 2 is 2.18 bits per heavy atom. The summed E-state index contributed by atoms with van der Waals surface area (Å²) in [7, 11) is 0. The Morgan fingerprint density at radius 3 is 2.97 bits per heavy atom. The van der Waals surface area contributed by atoms with Crippen molar-refractivity contribution >= 4 is 29.1 Å². The topological polar surface area (TPSA) is 95.3 Å². The van der Waals surface area contributed by atoms with Gasteiger partial charge in [0.05, 0.1) is 10.9 Å². The Bertz CT molecular complexity index is 1210. The number of nitrogens with zero attached hydrogens (tertiary/aromatic N) is 3. The summed E-state index contributed by atoms with van der Waals surface area (Å²) in [4.78, 5) is 24.6. The molecule has 1 amide bonds. The van der Waals surface area contributed by atoms with Crippen LogP contribution in [0, 0.1) is 5.82 Å². The smallest absolute Gasteiger partial charge is 0.262 e. The number of anilines is 1. The SMILES string of the molecule is C=CCn1c(COc2ccccc2F)nnc1SC(C)C(=O)c1ccc2c(c1)NC(=O)CO2. The van der Waals surface area contributed by atoms with Crippen LogP contribution in [0.25, 0.3) is 0 Å². The van der Waals surface area contributed by atoms with Gasteiger partial charge in [-0.05, 0) is 37.3 Å². The van der Waals surface area contributed by atoms with E-state index < -0.39 is 11.1 Å². The first-order valence-corrected chi connectivity index (χ1v) is 11.0. The summed E-state index contributed by atoms with van der Waals surface area (Å²) in [5.74, 6) is 0.252. The van der Waals surface area contributed by atoms with Crippen LogP contribution in [0.4, 0.5) is 10.1 Å². The van der Waals surface area contributed by atoms with Crippen LogP contribution in [0.3, 0.4) is 0 Å². The van der Waals surface area contributed by atoms with Gasteiger partial charge in [0.25, 0.3) is 5.91 Å².